The van der Waals surface area contributed by atoms with E-state index in [9.17, 15) is 0 Å². The number of hydrogen-bond acceptors (Lipinski definition) is 3. The van der Waals surface area contributed by atoms with Gasteiger partial charge in [-0.2, -0.15) is 0 Å². The third kappa shape index (κ3) is 5.24. The van der Waals surface area contributed by atoms with Gasteiger partial charge in [-0.3, -0.25) is 0 Å². The molecule has 8 aromatic carbocycles. The topological polar surface area (TPSA) is 3.24 Å². The van der Waals surface area contributed by atoms with Crippen LogP contribution in [0.25, 0.3) is 63.6 Å². The highest BCUT2D eigenvalue weighted by atomic mass is 32.2. The normalized spacial score (nSPS) is 14.4. The highest BCUT2D eigenvalue weighted by Crippen LogP contribution is 2.49. The van der Waals surface area contributed by atoms with E-state index < -0.39 is 0 Å². The molecule has 0 atom stereocenters. The van der Waals surface area contributed by atoms with Crippen molar-refractivity contribution in [2.24, 2.45) is 0 Å². The number of rotatable bonds is 4. The maximum Gasteiger partial charge on any atom is 0.0546 e. The quantitative estimate of drug-likeness (QED) is 0.169. The lowest BCUT2D eigenvalue weighted by Crippen LogP contribution is -2.12. The number of fused-ring (bicyclic) bond motifs is 8. The van der Waals surface area contributed by atoms with Gasteiger partial charge in [0.05, 0.1) is 11.4 Å². The molecule has 10 rings (SSSR count). The van der Waals surface area contributed by atoms with Crippen LogP contribution < -0.4 is 4.90 Å². The molecule has 1 aromatic heterocycles. The van der Waals surface area contributed by atoms with Crippen LogP contribution in [0.1, 0.15) is 5.56 Å². The summed E-state index contributed by atoms with van der Waals surface area (Å²) in [4.78, 5) is 3.88. The average Bonchev–Trinajstić information content (AvgIpc) is 3.60. The molecule has 0 aliphatic carbocycles. The predicted molar refractivity (Wildman–Crippen MR) is 225 cm³/mol. The van der Waals surface area contributed by atoms with Crippen LogP contribution in [0.15, 0.2) is 181 Å². The highest BCUT2D eigenvalue weighted by Gasteiger charge is 2.23. The lowest BCUT2D eigenvalue weighted by molar-refractivity contribution is 1.18. The van der Waals surface area contributed by atoms with Crippen molar-refractivity contribution in [1.29, 1.82) is 0 Å². The highest BCUT2D eigenvalue weighted by molar-refractivity contribution is 7.99. The summed E-state index contributed by atoms with van der Waals surface area (Å²) < 4.78 is 2.61. The maximum atomic E-state index is 2.53. The number of benzene rings is 8. The van der Waals surface area contributed by atoms with Crippen molar-refractivity contribution >= 4 is 92.7 Å². The van der Waals surface area contributed by atoms with Crippen molar-refractivity contribution in [2.45, 2.75) is 11.3 Å². The van der Waals surface area contributed by atoms with Crippen molar-refractivity contribution in [1.82, 2.24) is 0 Å². The van der Waals surface area contributed by atoms with Crippen molar-refractivity contribution in [3.05, 3.63) is 182 Å². The summed E-state index contributed by atoms with van der Waals surface area (Å²) in [6, 6.07) is 56.5. The molecule has 242 valence electrons. The minimum atomic E-state index is 0.905. The Balaban J connectivity index is 1.30. The Morgan fingerprint density at radius 2 is 1.20 bits per heavy atom. The molecule has 0 radical (unpaired) electrons. The Hall–Kier alpha value is -5.61. The smallest absolute Gasteiger partial charge is 0.0546 e. The molecule has 0 N–H and O–H groups in total. The second-order valence-electron chi connectivity index (χ2n) is 13.2. The number of thiophene rings is 1. The van der Waals surface area contributed by atoms with Gasteiger partial charge in [0.1, 0.15) is 0 Å². The van der Waals surface area contributed by atoms with Gasteiger partial charge < -0.3 is 4.90 Å². The van der Waals surface area contributed by atoms with Crippen LogP contribution in [-0.2, 0) is 6.42 Å². The number of anilines is 3. The summed E-state index contributed by atoms with van der Waals surface area (Å²) in [6.45, 7) is 0. The summed E-state index contributed by atoms with van der Waals surface area (Å²) >= 11 is 3.79. The fourth-order valence-electron chi connectivity index (χ4n) is 7.81. The zero-order valence-corrected chi connectivity index (χ0v) is 29.6. The largest absolute Gasteiger partial charge is 0.309 e. The van der Waals surface area contributed by atoms with Gasteiger partial charge in [0.15, 0.2) is 0 Å². The molecule has 3 heteroatoms. The molecule has 0 saturated carbocycles. The van der Waals surface area contributed by atoms with E-state index in [1.807, 2.05) is 23.1 Å². The Kier molecular flexibility index (Phi) is 7.48. The number of allylic oxidation sites excluding steroid dienone is 3. The van der Waals surface area contributed by atoms with E-state index in [0.29, 0.717) is 0 Å². The summed E-state index contributed by atoms with van der Waals surface area (Å²) in [7, 11) is 0. The van der Waals surface area contributed by atoms with E-state index >= 15 is 0 Å². The predicted octanol–water partition coefficient (Wildman–Crippen LogP) is 14.4. The summed E-state index contributed by atoms with van der Waals surface area (Å²) in [5, 5.41) is 10.1. The molecule has 0 amide bonds. The van der Waals surface area contributed by atoms with E-state index in [1.54, 1.807) is 0 Å². The van der Waals surface area contributed by atoms with E-state index in [1.165, 1.54) is 85.5 Å². The van der Waals surface area contributed by atoms with Gasteiger partial charge in [0.25, 0.3) is 0 Å². The Morgan fingerprint density at radius 1 is 0.471 bits per heavy atom. The van der Waals surface area contributed by atoms with Crippen molar-refractivity contribution < 1.29 is 0 Å². The van der Waals surface area contributed by atoms with E-state index in [2.05, 4.69) is 181 Å². The van der Waals surface area contributed by atoms with E-state index in [4.69, 9.17) is 0 Å². The van der Waals surface area contributed by atoms with Crippen molar-refractivity contribution in [3.8, 4) is 11.1 Å². The molecule has 0 spiro atoms. The maximum absolute atomic E-state index is 2.53. The lowest BCUT2D eigenvalue weighted by Gasteiger charge is -2.30. The average molecular weight is 688 g/mol. The zero-order chi connectivity index (χ0) is 33.7. The van der Waals surface area contributed by atoms with Crippen LogP contribution in [0.3, 0.4) is 0 Å². The summed E-state index contributed by atoms with van der Waals surface area (Å²) in [6.07, 6.45) is 9.78. The molecule has 0 fully saturated rings. The molecule has 1 aliphatic heterocycles. The summed E-state index contributed by atoms with van der Waals surface area (Å²) in [5.74, 6) is 0.971. The van der Waals surface area contributed by atoms with Gasteiger partial charge in [-0.15, -0.1) is 23.1 Å². The first-order chi connectivity index (χ1) is 25.3. The monoisotopic (exact) mass is 687 g/mol. The Bertz CT molecular complexity index is 2860. The molecule has 1 nitrogen and oxygen atoms in total. The molecular formula is C48H33NS2. The molecular weight excluding hydrogens is 655 g/mol. The molecule has 9 aromatic rings. The second kappa shape index (κ2) is 12.6. The first-order valence-corrected chi connectivity index (χ1v) is 19.3. The third-order valence-electron chi connectivity index (χ3n) is 10.2. The minimum Gasteiger partial charge on any atom is -0.309 e. The first kappa shape index (κ1) is 30.2. The van der Waals surface area contributed by atoms with Gasteiger partial charge in [0.2, 0.25) is 0 Å². The third-order valence-corrected chi connectivity index (χ3v) is 12.4. The van der Waals surface area contributed by atoms with Crippen LogP contribution in [0, 0.1) is 0 Å². The standard InChI is InChI=1S/C48H33NS2/c1-2-12-28-50-45-27-23-35(29-34(45)15-3-1)48-38-17-7-4-13-32(38)22-26-43(48)49(36-24-25-42-41-20-10-11-21-46(41)51-47(42)31-36)44-30-33-14-5-6-16-37(33)39-18-8-9-19-40(39)44/h1-14,16-27,29-31H,15,28H2/b3-1-,12-2-. The molecule has 0 unspecified atom stereocenters. The zero-order valence-electron chi connectivity index (χ0n) is 27.9. The lowest BCUT2D eigenvalue weighted by atomic mass is 9.92. The minimum absolute atomic E-state index is 0.905. The Labute approximate surface area is 305 Å². The number of nitrogens with zero attached hydrogens (tertiary/aromatic N) is 1. The van der Waals surface area contributed by atoms with Gasteiger partial charge in [-0.05, 0) is 86.9 Å². The number of hydrogen-bond donors (Lipinski definition) is 0. The molecule has 2 heterocycles. The van der Waals surface area contributed by atoms with E-state index in [0.717, 1.165) is 17.9 Å². The van der Waals surface area contributed by atoms with E-state index in [-0.39, 0.29) is 0 Å². The van der Waals surface area contributed by atoms with Crippen LogP contribution in [-0.4, -0.2) is 5.75 Å². The second-order valence-corrected chi connectivity index (χ2v) is 15.3. The fraction of sp³-hybridized carbons (Fsp3) is 0.0417. The Morgan fingerprint density at radius 3 is 2.10 bits per heavy atom. The van der Waals surface area contributed by atoms with Gasteiger partial charge in [0, 0.05) is 47.5 Å². The molecule has 1 aliphatic rings. The molecule has 0 saturated heterocycles. The first-order valence-electron chi connectivity index (χ1n) is 17.5. The SMILES string of the molecule is C1=C\CSc2ccc(-c3c(N(c4ccc5c(c4)sc4ccccc45)c4cc5ccccc5c5ccccc45)ccc4ccccc34)cc2C\C=C/1. The van der Waals surface area contributed by atoms with Crippen molar-refractivity contribution in [2.75, 3.05) is 10.7 Å². The fourth-order valence-corrected chi connectivity index (χ4v) is 9.83. The van der Waals surface area contributed by atoms with Crippen LogP contribution in [0.2, 0.25) is 0 Å². The van der Waals surface area contributed by atoms with Crippen LogP contribution >= 0.6 is 23.1 Å². The molecule has 0 bridgehead atoms. The summed E-state index contributed by atoms with van der Waals surface area (Å²) in [5.41, 5.74) is 7.34. The van der Waals surface area contributed by atoms with Gasteiger partial charge in [-0.1, -0.05) is 133 Å². The van der Waals surface area contributed by atoms with Crippen molar-refractivity contribution in [3.63, 3.8) is 0 Å². The van der Waals surface area contributed by atoms with Gasteiger partial charge >= 0.3 is 0 Å². The molecule has 51 heavy (non-hydrogen) atoms. The van der Waals surface area contributed by atoms with Gasteiger partial charge in [-0.25, -0.2) is 0 Å². The van der Waals surface area contributed by atoms with Crippen LogP contribution in [0.5, 0.6) is 0 Å². The number of thioether (sulfide) groups is 1. The van der Waals surface area contributed by atoms with Crippen LogP contribution in [0.4, 0.5) is 17.1 Å².